The largest absolute Gasteiger partial charge is 0.477 e. The second-order valence-electron chi connectivity index (χ2n) is 4.74. The summed E-state index contributed by atoms with van der Waals surface area (Å²) in [6, 6.07) is 2.10. The quantitative estimate of drug-likeness (QED) is 0.698. The fourth-order valence-corrected chi connectivity index (χ4v) is 1.93. The first-order valence-electron chi connectivity index (χ1n) is 6.98. The zero-order chi connectivity index (χ0) is 14.1. The van der Waals surface area contributed by atoms with Crippen LogP contribution in [0, 0.1) is 13.8 Å². The molecule has 0 radical (unpaired) electrons. The van der Waals surface area contributed by atoms with E-state index in [9.17, 15) is 0 Å². The number of rotatable bonds is 9. The molecular weight excluding hydrogens is 240 g/mol. The lowest BCUT2D eigenvalue weighted by Gasteiger charge is -2.14. The van der Waals surface area contributed by atoms with Crippen LogP contribution in [0.25, 0.3) is 0 Å². The molecule has 1 N–H and O–H groups in total. The second-order valence-corrected chi connectivity index (χ2v) is 4.74. The van der Waals surface area contributed by atoms with E-state index in [0.717, 1.165) is 43.1 Å². The molecule has 1 aromatic rings. The van der Waals surface area contributed by atoms with E-state index in [2.05, 4.69) is 30.2 Å². The Morgan fingerprint density at radius 1 is 1.26 bits per heavy atom. The van der Waals surface area contributed by atoms with Gasteiger partial charge in [0.25, 0.3) is 0 Å². The number of hydrogen-bond donors (Lipinski definition) is 1. The van der Waals surface area contributed by atoms with E-state index in [1.54, 1.807) is 7.11 Å². The number of aryl methyl sites for hydroxylation is 2. The van der Waals surface area contributed by atoms with Crippen molar-refractivity contribution < 1.29 is 9.47 Å². The number of ether oxygens (including phenoxy) is 2. The van der Waals surface area contributed by atoms with Crippen molar-refractivity contribution in [2.24, 2.45) is 0 Å². The summed E-state index contributed by atoms with van der Waals surface area (Å²) in [5.74, 6) is 0.761. The van der Waals surface area contributed by atoms with E-state index >= 15 is 0 Å². The van der Waals surface area contributed by atoms with Gasteiger partial charge in [0.1, 0.15) is 0 Å². The lowest BCUT2D eigenvalue weighted by atomic mass is 10.1. The normalized spacial score (nSPS) is 10.7. The van der Waals surface area contributed by atoms with Crippen LogP contribution in [0.3, 0.4) is 0 Å². The van der Waals surface area contributed by atoms with Crippen LogP contribution >= 0.6 is 0 Å². The van der Waals surface area contributed by atoms with Crippen molar-refractivity contribution in [3.63, 3.8) is 0 Å². The van der Waals surface area contributed by atoms with E-state index < -0.39 is 0 Å². The number of nitrogens with one attached hydrogen (secondary N) is 1. The van der Waals surface area contributed by atoms with E-state index in [1.165, 1.54) is 5.56 Å². The van der Waals surface area contributed by atoms with Gasteiger partial charge in [-0.15, -0.1) is 0 Å². The first-order valence-corrected chi connectivity index (χ1v) is 6.98. The smallest absolute Gasteiger partial charge is 0.218 e. The summed E-state index contributed by atoms with van der Waals surface area (Å²) >= 11 is 0. The Labute approximate surface area is 116 Å². The maximum Gasteiger partial charge on any atom is 0.218 e. The van der Waals surface area contributed by atoms with E-state index in [1.807, 2.05) is 6.92 Å². The van der Waals surface area contributed by atoms with Gasteiger partial charge >= 0.3 is 0 Å². The number of hydrogen-bond acceptors (Lipinski definition) is 4. The van der Waals surface area contributed by atoms with Crippen molar-refractivity contribution in [3.8, 4) is 5.88 Å². The predicted octanol–water partition coefficient (Wildman–Crippen LogP) is 2.61. The van der Waals surface area contributed by atoms with Gasteiger partial charge in [0.15, 0.2) is 0 Å². The number of pyridine rings is 1. The van der Waals surface area contributed by atoms with Gasteiger partial charge in [-0.05, 0) is 38.4 Å². The molecule has 0 aliphatic rings. The monoisotopic (exact) mass is 266 g/mol. The molecule has 0 fully saturated rings. The molecule has 0 atom stereocenters. The van der Waals surface area contributed by atoms with Gasteiger partial charge in [-0.3, -0.25) is 0 Å². The van der Waals surface area contributed by atoms with Crippen LogP contribution in [0.5, 0.6) is 5.88 Å². The number of nitrogens with zero attached hydrogens (tertiary/aromatic N) is 1. The zero-order valence-electron chi connectivity index (χ0n) is 12.6. The molecule has 0 unspecified atom stereocenters. The highest BCUT2D eigenvalue weighted by molar-refractivity contribution is 5.35. The standard InChI is InChI=1S/C15H26N2O2/c1-5-7-16-11-14-12(2)10-13(3)17-15(14)19-9-6-8-18-4/h10,16H,5-9,11H2,1-4H3. The topological polar surface area (TPSA) is 43.4 Å². The molecule has 0 saturated heterocycles. The highest BCUT2D eigenvalue weighted by Crippen LogP contribution is 2.21. The van der Waals surface area contributed by atoms with Gasteiger partial charge < -0.3 is 14.8 Å². The van der Waals surface area contributed by atoms with Gasteiger partial charge in [-0.2, -0.15) is 0 Å². The number of aromatic nitrogens is 1. The molecule has 0 aliphatic heterocycles. The maximum atomic E-state index is 5.80. The lowest BCUT2D eigenvalue weighted by Crippen LogP contribution is -2.17. The Morgan fingerprint density at radius 3 is 2.74 bits per heavy atom. The summed E-state index contributed by atoms with van der Waals surface area (Å²) in [7, 11) is 1.70. The Bertz CT molecular complexity index is 381. The molecule has 0 aliphatic carbocycles. The van der Waals surface area contributed by atoms with Gasteiger partial charge in [0.05, 0.1) is 6.61 Å². The van der Waals surface area contributed by atoms with Gasteiger partial charge in [0, 0.05) is 37.9 Å². The van der Waals surface area contributed by atoms with Crippen LogP contribution in [0.2, 0.25) is 0 Å². The van der Waals surface area contributed by atoms with Gasteiger partial charge in [-0.25, -0.2) is 4.98 Å². The van der Waals surface area contributed by atoms with Crippen molar-refractivity contribution in [2.75, 3.05) is 26.9 Å². The first kappa shape index (κ1) is 15.9. The Hall–Kier alpha value is -1.13. The van der Waals surface area contributed by atoms with Crippen LogP contribution in [0.1, 0.15) is 36.6 Å². The van der Waals surface area contributed by atoms with Crippen molar-refractivity contribution >= 4 is 0 Å². The molecule has 1 heterocycles. The molecule has 1 rings (SSSR count). The molecule has 1 aromatic heterocycles. The first-order chi connectivity index (χ1) is 9.19. The summed E-state index contributed by atoms with van der Waals surface area (Å²) in [6.45, 7) is 9.45. The summed E-state index contributed by atoms with van der Waals surface area (Å²) in [5.41, 5.74) is 3.40. The average Bonchev–Trinajstić information content (AvgIpc) is 2.37. The SMILES string of the molecule is CCCNCc1c(C)cc(C)nc1OCCCOC. The minimum absolute atomic E-state index is 0.643. The van der Waals surface area contributed by atoms with Gasteiger partial charge in [-0.1, -0.05) is 6.92 Å². The van der Waals surface area contributed by atoms with Crippen LogP contribution in [-0.2, 0) is 11.3 Å². The van der Waals surface area contributed by atoms with Crippen LogP contribution in [0.4, 0.5) is 0 Å². The molecular formula is C15H26N2O2. The fourth-order valence-electron chi connectivity index (χ4n) is 1.93. The van der Waals surface area contributed by atoms with E-state index in [0.29, 0.717) is 13.2 Å². The highest BCUT2D eigenvalue weighted by Gasteiger charge is 2.09. The van der Waals surface area contributed by atoms with Gasteiger partial charge in [0.2, 0.25) is 5.88 Å². The van der Waals surface area contributed by atoms with Crippen molar-refractivity contribution in [1.82, 2.24) is 10.3 Å². The fraction of sp³-hybridized carbons (Fsp3) is 0.667. The summed E-state index contributed by atoms with van der Waals surface area (Å²) < 4.78 is 10.8. The molecule has 19 heavy (non-hydrogen) atoms. The average molecular weight is 266 g/mol. The van der Waals surface area contributed by atoms with E-state index in [4.69, 9.17) is 9.47 Å². The molecule has 0 amide bonds. The van der Waals surface area contributed by atoms with Crippen LogP contribution in [0.15, 0.2) is 6.07 Å². The third kappa shape index (κ3) is 5.57. The third-order valence-electron chi connectivity index (χ3n) is 2.90. The molecule has 0 aromatic carbocycles. The third-order valence-corrected chi connectivity index (χ3v) is 2.90. The molecule has 0 spiro atoms. The maximum absolute atomic E-state index is 5.80. The summed E-state index contributed by atoms with van der Waals surface area (Å²) in [5, 5.41) is 3.41. The molecule has 0 saturated carbocycles. The second kappa shape index (κ2) is 8.88. The van der Waals surface area contributed by atoms with E-state index in [-0.39, 0.29) is 0 Å². The van der Waals surface area contributed by atoms with Crippen molar-refractivity contribution in [2.45, 2.75) is 40.2 Å². The summed E-state index contributed by atoms with van der Waals surface area (Å²) in [6.07, 6.45) is 2.01. The molecule has 108 valence electrons. The molecule has 0 bridgehead atoms. The predicted molar refractivity (Wildman–Crippen MR) is 77.7 cm³/mol. The molecule has 4 heteroatoms. The highest BCUT2D eigenvalue weighted by atomic mass is 16.5. The minimum atomic E-state index is 0.643. The lowest BCUT2D eigenvalue weighted by molar-refractivity contribution is 0.170. The zero-order valence-corrected chi connectivity index (χ0v) is 12.6. The van der Waals surface area contributed by atoms with Crippen molar-refractivity contribution in [1.29, 1.82) is 0 Å². The minimum Gasteiger partial charge on any atom is -0.477 e. The Balaban J connectivity index is 2.69. The number of methoxy groups -OCH3 is 1. The Morgan fingerprint density at radius 2 is 2.05 bits per heavy atom. The van der Waals surface area contributed by atoms with Crippen LogP contribution < -0.4 is 10.1 Å². The summed E-state index contributed by atoms with van der Waals surface area (Å²) in [4.78, 5) is 4.51. The van der Waals surface area contributed by atoms with Crippen LogP contribution in [-0.4, -0.2) is 31.9 Å². The molecule has 4 nitrogen and oxygen atoms in total. The van der Waals surface area contributed by atoms with Crippen molar-refractivity contribution in [3.05, 3.63) is 22.9 Å². The Kier molecular flexibility index (Phi) is 7.45.